The standard InChI is InChI=1S/C16H20/c1-2-4-13-10-15(9-12(13)3-1)16-8-11-5-6-14(16)7-11/h1-4,11,14-16H,5-10H2. The Morgan fingerprint density at radius 3 is 2.12 bits per heavy atom. The van der Waals surface area contributed by atoms with Crippen LogP contribution in [0.1, 0.15) is 36.8 Å². The third-order valence-electron chi connectivity index (χ3n) is 5.48. The van der Waals surface area contributed by atoms with Crippen molar-refractivity contribution >= 4 is 0 Å². The fourth-order valence-corrected chi connectivity index (χ4v) is 4.77. The third kappa shape index (κ3) is 1.28. The molecule has 0 saturated heterocycles. The second-order valence-electron chi connectivity index (χ2n) is 6.28. The smallest absolute Gasteiger partial charge is 0.0242 e. The summed E-state index contributed by atoms with van der Waals surface area (Å²) in [7, 11) is 0. The van der Waals surface area contributed by atoms with Gasteiger partial charge in [0.25, 0.3) is 0 Å². The van der Waals surface area contributed by atoms with Crippen LogP contribution in [0, 0.1) is 23.7 Å². The van der Waals surface area contributed by atoms with Crippen molar-refractivity contribution in [1.29, 1.82) is 0 Å². The third-order valence-corrected chi connectivity index (χ3v) is 5.48. The molecule has 4 rings (SSSR count). The van der Waals surface area contributed by atoms with Crippen LogP contribution in [0.2, 0.25) is 0 Å². The molecule has 0 amide bonds. The first-order valence-corrected chi connectivity index (χ1v) is 6.97. The van der Waals surface area contributed by atoms with Crippen molar-refractivity contribution < 1.29 is 0 Å². The molecule has 84 valence electrons. The Labute approximate surface area is 98.1 Å². The summed E-state index contributed by atoms with van der Waals surface area (Å²) in [5.74, 6) is 4.28. The minimum absolute atomic E-state index is 0.993. The molecule has 3 atom stereocenters. The van der Waals surface area contributed by atoms with Crippen LogP contribution in [0.5, 0.6) is 0 Å². The molecule has 2 bridgehead atoms. The van der Waals surface area contributed by atoms with E-state index in [1.165, 1.54) is 12.8 Å². The average Bonchev–Trinajstić information content (AvgIpc) is 3.02. The van der Waals surface area contributed by atoms with Gasteiger partial charge in [-0.05, 0) is 66.9 Å². The Balaban J connectivity index is 1.56. The molecular weight excluding hydrogens is 192 g/mol. The summed E-state index contributed by atoms with van der Waals surface area (Å²) in [5, 5.41) is 0. The van der Waals surface area contributed by atoms with Crippen molar-refractivity contribution in [1.82, 2.24) is 0 Å². The Bertz CT molecular complexity index is 381. The van der Waals surface area contributed by atoms with Gasteiger partial charge in [0.05, 0.1) is 0 Å². The van der Waals surface area contributed by atoms with Gasteiger partial charge in [-0.25, -0.2) is 0 Å². The Morgan fingerprint density at radius 2 is 1.56 bits per heavy atom. The summed E-state index contributed by atoms with van der Waals surface area (Å²) in [6.45, 7) is 0. The average molecular weight is 212 g/mol. The van der Waals surface area contributed by atoms with Crippen LogP contribution < -0.4 is 0 Å². The lowest BCUT2D eigenvalue weighted by Gasteiger charge is -2.27. The minimum atomic E-state index is 0.993. The summed E-state index contributed by atoms with van der Waals surface area (Å²) < 4.78 is 0. The first kappa shape index (κ1) is 9.27. The highest BCUT2D eigenvalue weighted by molar-refractivity contribution is 5.32. The Hall–Kier alpha value is -0.780. The largest absolute Gasteiger partial charge is 0.0620 e. The first-order chi connectivity index (χ1) is 7.90. The fourth-order valence-electron chi connectivity index (χ4n) is 4.77. The molecule has 3 unspecified atom stereocenters. The highest BCUT2D eigenvalue weighted by Crippen LogP contribution is 2.53. The number of fused-ring (bicyclic) bond motifs is 3. The summed E-state index contributed by atoms with van der Waals surface area (Å²) >= 11 is 0. The van der Waals surface area contributed by atoms with E-state index < -0.39 is 0 Å². The van der Waals surface area contributed by atoms with Gasteiger partial charge >= 0.3 is 0 Å². The summed E-state index contributed by atoms with van der Waals surface area (Å²) in [5.41, 5.74) is 3.30. The van der Waals surface area contributed by atoms with Gasteiger partial charge in [0.1, 0.15) is 0 Å². The molecule has 0 aliphatic heterocycles. The summed E-state index contributed by atoms with van der Waals surface area (Å²) in [6.07, 6.45) is 8.97. The van der Waals surface area contributed by atoms with Crippen LogP contribution in [-0.2, 0) is 12.8 Å². The molecular formula is C16H20. The SMILES string of the molecule is c1ccc2c(c1)CC(C1CC3CCC1C3)C2. The zero-order valence-corrected chi connectivity index (χ0v) is 9.86. The monoisotopic (exact) mass is 212 g/mol. The number of hydrogen-bond acceptors (Lipinski definition) is 0. The van der Waals surface area contributed by atoms with Crippen molar-refractivity contribution in [2.75, 3.05) is 0 Å². The van der Waals surface area contributed by atoms with Crippen LogP contribution in [-0.4, -0.2) is 0 Å². The fraction of sp³-hybridized carbons (Fsp3) is 0.625. The van der Waals surface area contributed by atoms with E-state index in [2.05, 4.69) is 24.3 Å². The van der Waals surface area contributed by atoms with Crippen molar-refractivity contribution in [3.8, 4) is 0 Å². The van der Waals surface area contributed by atoms with Gasteiger partial charge in [-0.1, -0.05) is 30.7 Å². The van der Waals surface area contributed by atoms with E-state index in [9.17, 15) is 0 Å². The second kappa shape index (κ2) is 3.35. The first-order valence-electron chi connectivity index (χ1n) is 6.97. The van der Waals surface area contributed by atoms with E-state index in [1.807, 2.05) is 0 Å². The molecule has 2 fully saturated rings. The molecule has 16 heavy (non-hydrogen) atoms. The quantitative estimate of drug-likeness (QED) is 0.663. The van der Waals surface area contributed by atoms with Crippen molar-refractivity contribution in [3.63, 3.8) is 0 Å². The van der Waals surface area contributed by atoms with Crippen LogP contribution in [0.25, 0.3) is 0 Å². The molecule has 0 heterocycles. The number of hydrogen-bond donors (Lipinski definition) is 0. The summed E-state index contributed by atoms with van der Waals surface area (Å²) in [6, 6.07) is 9.12. The van der Waals surface area contributed by atoms with Crippen molar-refractivity contribution in [2.24, 2.45) is 23.7 Å². The molecule has 0 aromatic heterocycles. The Morgan fingerprint density at radius 1 is 0.812 bits per heavy atom. The lowest BCUT2D eigenvalue weighted by atomic mass is 9.78. The van der Waals surface area contributed by atoms with Gasteiger partial charge in [-0.3, -0.25) is 0 Å². The van der Waals surface area contributed by atoms with E-state index in [1.54, 1.807) is 36.8 Å². The number of benzene rings is 1. The van der Waals surface area contributed by atoms with Crippen molar-refractivity contribution in [3.05, 3.63) is 35.4 Å². The lowest BCUT2D eigenvalue weighted by Crippen LogP contribution is -2.21. The number of rotatable bonds is 1. The van der Waals surface area contributed by atoms with Gasteiger partial charge < -0.3 is 0 Å². The molecule has 1 aromatic rings. The molecule has 0 radical (unpaired) electrons. The molecule has 0 N–H and O–H groups in total. The Kier molecular flexibility index (Phi) is 1.94. The maximum Gasteiger partial charge on any atom is -0.0242 e. The van der Waals surface area contributed by atoms with Crippen LogP contribution in [0.4, 0.5) is 0 Å². The van der Waals surface area contributed by atoms with E-state index in [4.69, 9.17) is 0 Å². The molecule has 3 aliphatic rings. The highest BCUT2D eigenvalue weighted by Gasteiger charge is 2.44. The molecule has 3 aliphatic carbocycles. The molecule has 2 saturated carbocycles. The van der Waals surface area contributed by atoms with E-state index >= 15 is 0 Å². The predicted octanol–water partition coefficient (Wildman–Crippen LogP) is 3.84. The van der Waals surface area contributed by atoms with Gasteiger partial charge in [-0.2, -0.15) is 0 Å². The van der Waals surface area contributed by atoms with Crippen LogP contribution in [0.3, 0.4) is 0 Å². The lowest BCUT2D eigenvalue weighted by molar-refractivity contribution is 0.234. The summed E-state index contributed by atoms with van der Waals surface area (Å²) in [4.78, 5) is 0. The van der Waals surface area contributed by atoms with Crippen molar-refractivity contribution in [2.45, 2.75) is 38.5 Å². The topological polar surface area (TPSA) is 0 Å². The molecule has 0 heteroatoms. The van der Waals surface area contributed by atoms with Gasteiger partial charge in [0, 0.05) is 0 Å². The molecule has 0 nitrogen and oxygen atoms in total. The van der Waals surface area contributed by atoms with Crippen LogP contribution in [0.15, 0.2) is 24.3 Å². The normalized spacial score (nSPS) is 36.9. The molecule has 1 aromatic carbocycles. The minimum Gasteiger partial charge on any atom is -0.0620 e. The highest BCUT2D eigenvalue weighted by atomic mass is 14.5. The van der Waals surface area contributed by atoms with E-state index in [0.29, 0.717) is 0 Å². The maximum absolute atomic E-state index is 2.35. The zero-order valence-electron chi connectivity index (χ0n) is 9.86. The van der Waals surface area contributed by atoms with E-state index in [-0.39, 0.29) is 0 Å². The van der Waals surface area contributed by atoms with Gasteiger partial charge in [-0.15, -0.1) is 0 Å². The van der Waals surface area contributed by atoms with Crippen LogP contribution >= 0.6 is 0 Å². The second-order valence-corrected chi connectivity index (χ2v) is 6.28. The van der Waals surface area contributed by atoms with Gasteiger partial charge in [0.15, 0.2) is 0 Å². The van der Waals surface area contributed by atoms with E-state index in [0.717, 1.165) is 23.7 Å². The van der Waals surface area contributed by atoms with Gasteiger partial charge in [0.2, 0.25) is 0 Å². The maximum atomic E-state index is 2.35. The predicted molar refractivity (Wildman–Crippen MR) is 66.3 cm³/mol. The molecule has 0 spiro atoms. The zero-order chi connectivity index (χ0) is 10.5.